The molecule has 0 aromatic heterocycles. The van der Waals surface area contributed by atoms with E-state index in [1.165, 1.54) is 7.11 Å². The van der Waals surface area contributed by atoms with Crippen LogP contribution in [0.15, 0.2) is 24.3 Å². The summed E-state index contributed by atoms with van der Waals surface area (Å²) in [6, 6.07) is 7.31. The van der Waals surface area contributed by atoms with E-state index >= 15 is 0 Å². The number of hydrogen-bond acceptors (Lipinski definition) is 4. The van der Waals surface area contributed by atoms with Gasteiger partial charge in [-0.3, -0.25) is 4.79 Å². The van der Waals surface area contributed by atoms with Crippen molar-refractivity contribution in [3.05, 3.63) is 35.4 Å². The number of carbonyl (C=O) groups is 1. The van der Waals surface area contributed by atoms with E-state index in [1.54, 1.807) is 31.2 Å². The highest BCUT2D eigenvalue weighted by atomic mass is 16.5. The molecular formula is C14H15NO3. The molecule has 0 fully saturated rings. The van der Waals surface area contributed by atoms with E-state index in [9.17, 15) is 4.79 Å². The van der Waals surface area contributed by atoms with Crippen LogP contribution in [0.3, 0.4) is 0 Å². The van der Waals surface area contributed by atoms with Crippen LogP contribution in [0.1, 0.15) is 24.5 Å². The molecule has 0 unspecified atom stereocenters. The molecule has 0 amide bonds. The number of methoxy groups -OCH3 is 1. The third-order valence-electron chi connectivity index (χ3n) is 2.24. The zero-order valence-electron chi connectivity index (χ0n) is 10.5. The summed E-state index contributed by atoms with van der Waals surface area (Å²) in [6.45, 7) is 2.15. The summed E-state index contributed by atoms with van der Waals surface area (Å²) >= 11 is 0. The van der Waals surface area contributed by atoms with Gasteiger partial charge in [-0.1, -0.05) is 18.2 Å². The molecule has 4 nitrogen and oxygen atoms in total. The number of rotatable bonds is 5. The largest absolute Gasteiger partial charge is 0.495 e. The molecule has 18 heavy (non-hydrogen) atoms. The van der Waals surface area contributed by atoms with Gasteiger partial charge >= 0.3 is 5.97 Å². The van der Waals surface area contributed by atoms with Crippen LogP contribution in [0.4, 0.5) is 0 Å². The highest BCUT2D eigenvalue weighted by molar-refractivity contribution is 5.72. The Labute approximate surface area is 106 Å². The van der Waals surface area contributed by atoms with Gasteiger partial charge in [-0.15, -0.1) is 0 Å². The average Bonchev–Trinajstić information content (AvgIpc) is 2.38. The molecule has 0 aliphatic rings. The van der Waals surface area contributed by atoms with E-state index < -0.39 is 0 Å². The third kappa shape index (κ3) is 3.95. The summed E-state index contributed by atoms with van der Waals surface area (Å²) in [4.78, 5) is 11.1. The summed E-state index contributed by atoms with van der Waals surface area (Å²) < 4.78 is 9.84. The second kappa shape index (κ2) is 7.13. The number of esters is 1. The lowest BCUT2D eigenvalue weighted by molar-refractivity contribution is -0.142. The molecule has 1 aromatic rings. The van der Waals surface area contributed by atoms with Gasteiger partial charge in [0.25, 0.3) is 0 Å². The van der Waals surface area contributed by atoms with Gasteiger partial charge in [-0.05, 0) is 24.6 Å². The highest BCUT2D eigenvalue weighted by Crippen LogP contribution is 2.19. The van der Waals surface area contributed by atoms with Crippen molar-refractivity contribution in [2.75, 3.05) is 13.7 Å². The minimum Gasteiger partial charge on any atom is -0.495 e. The predicted molar refractivity (Wildman–Crippen MR) is 68.0 cm³/mol. The molecule has 0 aliphatic carbocycles. The molecule has 0 aliphatic heterocycles. The van der Waals surface area contributed by atoms with Gasteiger partial charge in [0.1, 0.15) is 11.8 Å². The Morgan fingerprint density at radius 1 is 1.50 bits per heavy atom. The third-order valence-corrected chi connectivity index (χ3v) is 2.24. The van der Waals surface area contributed by atoms with Crippen LogP contribution in [0.5, 0.6) is 5.75 Å². The number of nitriles is 1. The molecular weight excluding hydrogens is 230 g/mol. The minimum atomic E-state index is -0.261. The zero-order chi connectivity index (χ0) is 13.4. The topological polar surface area (TPSA) is 59.3 Å². The molecule has 0 saturated heterocycles. The van der Waals surface area contributed by atoms with E-state index in [1.807, 2.05) is 6.07 Å². The normalized spacial score (nSPS) is 10.1. The van der Waals surface area contributed by atoms with Crippen LogP contribution in [-0.2, 0) is 9.53 Å². The van der Waals surface area contributed by atoms with Gasteiger partial charge < -0.3 is 9.47 Å². The summed E-state index contributed by atoms with van der Waals surface area (Å²) in [5.41, 5.74) is 1.31. The molecule has 0 radical (unpaired) electrons. The van der Waals surface area contributed by atoms with Crippen molar-refractivity contribution in [3.8, 4) is 11.8 Å². The van der Waals surface area contributed by atoms with E-state index in [2.05, 4.69) is 6.07 Å². The van der Waals surface area contributed by atoms with Crippen molar-refractivity contribution >= 4 is 12.0 Å². The Morgan fingerprint density at radius 2 is 2.28 bits per heavy atom. The number of carbonyl (C=O) groups excluding carboxylic acids is 1. The summed E-state index contributed by atoms with van der Waals surface area (Å²) in [5, 5.41) is 8.93. The molecule has 1 rings (SSSR count). The number of benzene rings is 1. The lowest BCUT2D eigenvalue weighted by Crippen LogP contribution is -2.01. The molecule has 0 saturated carbocycles. The van der Waals surface area contributed by atoms with Crippen LogP contribution in [0.25, 0.3) is 6.08 Å². The first kappa shape index (κ1) is 13.8. The first-order valence-electron chi connectivity index (χ1n) is 5.61. The fourth-order valence-corrected chi connectivity index (χ4v) is 1.43. The molecule has 0 spiro atoms. The minimum absolute atomic E-state index is 0.224. The van der Waals surface area contributed by atoms with Crippen LogP contribution in [0, 0.1) is 11.3 Å². The van der Waals surface area contributed by atoms with E-state index in [0.29, 0.717) is 17.9 Å². The second-order valence-electron chi connectivity index (χ2n) is 3.48. The SMILES string of the molecule is CCOC(=O)CC=Cc1ccc(OC)c(C#N)c1. The van der Waals surface area contributed by atoms with Gasteiger partial charge in [0.05, 0.1) is 25.7 Å². The van der Waals surface area contributed by atoms with Crippen molar-refractivity contribution in [2.24, 2.45) is 0 Å². The molecule has 4 heteroatoms. The molecule has 0 N–H and O–H groups in total. The Kier molecular flexibility index (Phi) is 5.46. The Bertz CT molecular complexity index is 486. The van der Waals surface area contributed by atoms with E-state index in [-0.39, 0.29) is 12.4 Å². The number of nitrogens with zero attached hydrogens (tertiary/aromatic N) is 1. The smallest absolute Gasteiger partial charge is 0.309 e. The molecule has 1 aromatic carbocycles. The van der Waals surface area contributed by atoms with Gasteiger partial charge in [0.2, 0.25) is 0 Å². The summed E-state index contributed by atoms with van der Waals surface area (Å²) in [6.07, 6.45) is 3.71. The molecule has 94 valence electrons. The van der Waals surface area contributed by atoms with Crippen molar-refractivity contribution < 1.29 is 14.3 Å². The Hall–Kier alpha value is -2.28. The van der Waals surface area contributed by atoms with Gasteiger partial charge in [0, 0.05) is 0 Å². The number of hydrogen-bond donors (Lipinski definition) is 0. The van der Waals surface area contributed by atoms with Crippen molar-refractivity contribution in [3.63, 3.8) is 0 Å². The first-order chi connectivity index (χ1) is 8.71. The molecule has 0 heterocycles. The summed E-state index contributed by atoms with van der Waals surface area (Å²) in [5.74, 6) is 0.280. The Balaban J connectivity index is 2.71. The molecule has 0 atom stereocenters. The second-order valence-corrected chi connectivity index (χ2v) is 3.48. The van der Waals surface area contributed by atoms with E-state index in [4.69, 9.17) is 14.7 Å². The predicted octanol–water partition coefficient (Wildman–Crippen LogP) is 2.53. The molecule has 0 bridgehead atoms. The lowest BCUT2D eigenvalue weighted by Gasteiger charge is -2.02. The van der Waals surface area contributed by atoms with Crippen molar-refractivity contribution in [2.45, 2.75) is 13.3 Å². The zero-order valence-corrected chi connectivity index (χ0v) is 10.5. The van der Waals surface area contributed by atoms with E-state index in [0.717, 1.165) is 5.56 Å². The number of ether oxygens (including phenoxy) is 2. The first-order valence-corrected chi connectivity index (χ1v) is 5.61. The van der Waals surface area contributed by atoms with Gasteiger partial charge in [0.15, 0.2) is 0 Å². The highest BCUT2D eigenvalue weighted by Gasteiger charge is 2.02. The maximum absolute atomic E-state index is 11.1. The van der Waals surface area contributed by atoms with Crippen LogP contribution >= 0.6 is 0 Å². The average molecular weight is 245 g/mol. The summed E-state index contributed by atoms with van der Waals surface area (Å²) in [7, 11) is 1.52. The van der Waals surface area contributed by atoms with Crippen LogP contribution < -0.4 is 4.74 Å². The maximum atomic E-state index is 11.1. The van der Waals surface area contributed by atoms with Crippen molar-refractivity contribution in [1.82, 2.24) is 0 Å². The lowest BCUT2D eigenvalue weighted by atomic mass is 10.1. The standard InChI is InChI=1S/C14H15NO3/c1-3-18-14(16)6-4-5-11-7-8-13(17-2)12(9-11)10-15/h4-5,7-9H,3,6H2,1-2H3. The maximum Gasteiger partial charge on any atom is 0.309 e. The quantitative estimate of drug-likeness (QED) is 0.748. The van der Waals surface area contributed by atoms with Crippen LogP contribution in [-0.4, -0.2) is 19.7 Å². The Morgan fingerprint density at radius 3 is 2.89 bits per heavy atom. The monoisotopic (exact) mass is 245 g/mol. The van der Waals surface area contributed by atoms with Crippen LogP contribution in [0.2, 0.25) is 0 Å². The van der Waals surface area contributed by atoms with Gasteiger partial charge in [-0.25, -0.2) is 0 Å². The fourth-order valence-electron chi connectivity index (χ4n) is 1.43. The van der Waals surface area contributed by atoms with Gasteiger partial charge in [-0.2, -0.15) is 5.26 Å². The van der Waals surface area contributed by atoms with Crippen molar-refractivity contribution in [1.29, 1.82) is 5.26 Å². The fraction of sp³-hybridized carbons (Fsp3) is 0.286.